The van der Waals surface area contributed by atoms with Gasteiger partial charge in [-0.25, -0.2) is 0 Å². The lowest BCUT2D eigenvalue weighted by Crippen LogP contribution is -2.42. The van der Waals surface area contributed by atoms with E-state index >= 15 is 0 Å². The van der Waals surface area contributed by atoms with Gasteiger partial charge in [0.15, 0.2) is 0 Å². The van der Waals surface area contributed by atoms with Gasteiger partial charge in [-0.1, -0.05) is 71.6 Å². The van der Waals surface area contributed by atoms with Crippen molar-refractivity contribution >= 4 is 31.5 Å². The van der Waals surface area contributed by atoms with Gasteiger partial charge in [-0.15, -0.1) is 23.2 Å². The van der Waals surface area contributed by atoms with Gasteiger partial charge < -0.3 is 4.43 Å². The van der Waals surface area contributed by atoms with Gasteiger partial charge in [-0.05, 0) is 25.9 Å². The van der Waals surface area contributed by atoms with Crippen LogP contribution in [0.15, 0.2) is 0 Å². The quantitative estimate of drug-likeness (QED) is 0.181. The number of hydrogen-bond acceptors (Lipinski definition) is 1. The minimum atomic E-state index is -1.94. The maximum atomic E-state index is 6.27. The first-order valence-electron chi connectivity index (χ1n) is 8.90. The van der Waals surface area contributed by atoms with Crippen LogP contribution in [0.25, 0.3) is 0 Å². The van der Waals surface area contributed by atoms with Crippen LogP contribution in [0.4, 0.5) is 0 Å². The second-order valence-electron chi connectivity index (χ2n) is 6.70. The molecule has 1 atom stereocenters. The standard InChI is InChI=1S/C17H36Cl2OSi/c1-5-7-8-9-10-11-12-13-15-16(14-6-2)20-21(3,4)17(18)19/h16-17H,5-15H2,1-4H3. The molecule has 0 rings (SSSR count). The van der Waals surface area contributed by atoms with E-state index in [1.165, 1.54) is 64.2 Å². The van der Waals surface area contributed by atoms with Crippen molar-refractivity contribution in [3.05, 3.63) is 0 Å². The summed E-state index contributed by atoms with van der Waals surface area (Å²) in [6, 6.07) is 0. The third-order valence-electron chi connectivity index (χ3n) is 3.99. The molecule has 0 bridgehead atoms. The molecular formula is C17H36Cl2OSi. The van der Waals surface area contributed by atoms with E-state index in [0.29, 0.717) is 6.10 Å². The van der Waals surface area contributed by atoms with Gasteiger partial charge in [-0.2, -0.15) is 0 Å². The van der Waals surface area contributed by atoms with E-state index in [2.05, 4.69) is 26.9 Å². The van der Waals surface area contributed by atoms with E-state index < -0.39 is 8.32 Å². The normalized spacial score (nSPS) is 13.9. The molecule has 1 nitrogen and oxygen atoms in total. The number of alkyl halides is 2. The van der Waals surface area contributed by atoms with Crippen molar-refractivity contribution in [2.75, 3.05) is 0 Å². The van der Waals surface area contributed by atoms with E-state index in [4.69, 9.17) is 27.6 Å². The van der Waals surface area contributed by atoms with Gasteiger partial charge >= 0.3 is 0 Å². The summed E-state index contributed by atoms with van der Waals surface area (Å²) >= 11 is 12.1. The van der Waals surface area contributed by atoms with Crippen LogP contribution in [-0.2, 0) is 4.43 Å². The molecule has 0 heterocycles. The fourth-order valence-corrected chi connectivity index (χ4v) is 4.08. The van der Waals surface area contributed by atoms with Crippen LogP contribution in [0.1, 0.15) is 84.5 Å². The summed E-state index contributed by atoms with van der Waals surface area (Å²) in [4.78, 5) is 0. The molecule has 0 radical (unpaired) electrons. The van der Waals surface area contributed by atoms with Gasteiger partial charge in [0.2, 0.25) is 8.32 Å². The van der Waals surface area contributed by atoms with Crippen molar-refractivity contribution in [3.63, 3.8) is 0 Å². The predicted molar refractivity (Wildman–Crippen MR) is 100.0 cm³/mol. The van der Waals surface area contributed by atoms with Crippen LogP contribution in [0.2, 0.25) is 13.1 Å². The number of halogens is 2. The second-order valence-corrected chi connectivity index (χ2v) is 12.5. The Morgan fingerprint density at radius 2 is 1.29 bits per heavy atom. The molecule has 0 N–H and O–H groups in total. The Bertz CT molecular complexity index is 235. The first kappa shape index (κ1) is 21.8. The molecule has 0 amide bonds. The molecule has 0 fully saturated rings. The lowest BCUT2D eigenvalue weighted by Gasteiger charge is -2.30. The molecule has 21 heavy (non-hydrogen) atoms. The molecule has 0 aliphatic carbocycles. The maximum absolute atomic E-state index is 6.27. The fraction of sp³-hybridized carbons (Fsp3) is 1.00. The highest BCUT2D eigenvalue weighted by molar-refractivity contribution is 6.88. The molecule has 0 aliphatic heterocycles. The topological polar surface area (TPSA) is 9.23 Å². The first-order chi connectivity index (χ1) is 9.94. The molecular weight excluding hydrogens is 319 g/mol. The minimum absolute atomic E-state index is 0.338. The Labute approximate surface area is 144 Å². The maximum Gasteiger partial charge on any atom is 0.220 e. The molecule has 0 aliphatic rings. The monoisotopic (exact) mass is 354 g/mol. The van der Waals surface area contributed by atoms with E-state index in [0.717, 1.165) is 6.42 Å². The summed E-state index contributed by atoms with van der Waals surface area (Å²) in [7, 11) is -1.94. The van der Waals surface area contributed by atoms with E-state index in [1.54, 1.807) is 0 Å². The van der Waals surface area contributed by atoms with Gasteiger partial charge in [0.05, 0.1) is 0 Å². The van der Waals surface area contributed by atoms with Crippen molar-refractivity contribution in [3.8, 4) is 0 Å². The Morgan fingerprint density at radius 3 is 1.76 bits per heavy atom. The Balaban J connectivity index is 3.79. The van der Waals surface area contributed by atoms with Crippen LogP contribution in [0.3, 0.4) is 0 Å². The highest BCUT2D eigenvalue weighted by Crippen LogP contribution is 2.25. The molecule has 0 saturated heterocycles. The van der Waals surface area contributed by atoms with Gasteiger partial charge in [-0.3, -0.25) is 0 Å². The van der Waals surface area contributed by atoms with Gasteiger partial charge in [0, 0.05) is 6.10 Å². The van der Waals surface area contributed by atoms with Crippen LogP contribution in [0, 0.1) is 0 Å². The average Bonchev–Trinajstić information content (AvgIpc) is 2.41. The average molecular weight is 355 g/mol. The van der Waals surface area contributed by atoms with Crippen molar-refractivity contribution in [1.82, 2.24) is 0 Å². The molecule has 0 spiro atoms. The highest BCUT2D eigenvalue weighted by atomic mass is 35.5. The number of unbranched alkanes of at least 4 members (excludes halogenated alkanes) is 7. The summed E-state index contributed by atoms with van der Waals surface area (Å²) in [5.41, 5.74) is 0. The van der Waals surface area contributed by atoms with E-state index in [1.807, 2.05) is 0 Å². The van der Waals surface area contributed by atoms with E-state index in [9.17, 15) is 0 Å². The van der Waals surface area contributed by atoms with Crippen LogP contribution in [0.5, 0.6) is 0 Å². The number of hydrogen-bond donors (Lipinski definition) is 0. The molecule has 0 aromatic rings. The third kappa shape index (κ3) is 11.9. The zero-order valence-electron chi connectivity index (χ0n) is 14.6. The second kappa shape index (κ2) is 13.2. The molecule has 0 aromatic carbocycles. The fourth-order valence-electron chi connectivity index (χ4n) is 2.57. The summed E-state index contributed by atoms with van der Waals surface area (Å²) in [6.07, 6.45) is 14.7. The van der Waals surface area contributed by atoms with Crippen molar-refractivity contribution < 1.29 is 4.43 Å². The van der Waals surface area contributed by atoms with Crippen LogP contribution in [-0.4, -0.2) is 18.9 Å². The molecule has 1 unspecified atom stereocenters. The van der Waals surface area contributed by atoms with Crippen molar-refractivity contribution in [2.45, 2.75) is 108 Å². The van der Waals surface area contributed by atoms with E-state index in [-0.39, 0.29) is 4.46 Å². The summed E-state index contributed by atoms with van der Waals surface area (Å²) < 4.78 is 5.94. The molecule has 0 aromatic heterocycles. The number of rotatable bonds is 14. The lowest BCUT2D eigenvalue weighted by atomic mass is 10.0. The Morgan fingerprint density at radius 1 is 0.762 bits per heavy atom. The summed E-state index contributed by atoms with van der Waals surface area (Å²) in [5, 5.41) is 0. The first-order valence-corrected chi connectivity index (χ1v) is 12.8. The minimum Gasteiger partial charge on any atom is -0.412 e. The Kier molecular flexibility index (Phi) is 13.7. The van der Waals surface area contributed by atoms with Crippen LogP contribution < -0.4 is 0 Å². The van der Waals surface area contributed by atoms with Crippen molar-refractivity contribution in [2.24, 2.45) is 0 Å². The van der Waals surface area contributed by atoms with Gasteiger partial charge in [0.1, 0.15) is 4.46 Å². The predicted octanol–water partition coefficient (Wildman–Crippen LogP) is 7.25. The SMILES string of the molecule is CCCCCCCCCCC(CCC)O[Si](C)(C)C(Cl)Cl. The molecule has 4 heteroatoms. The smallest absolute Gasteiger partial charge is 0.220 e. The highest BCUT2D eigenvalue weighted by Gasteiger charge is 2.33. The summed E-state index contributed by atoms with van der Waals surface area (Å²) in [5.74, 6) is 0. The van der Waals surface area contributed by atoms with Crippen LogP contribution >= 0.6 is 23.2 Å². The Hall–Kier alpha value is 0.757. The lowest BCUT2D eigenvalue weighted by molar-refractivity contribution is 0.167. The third-order valence-corrected chi connectivity index (χ3v) is 9.13. The zero-order valence-corrected chi connectivity index (χ0v) is 17.1. The molecule has 128 valence electrons. The largest absolute Gasteiger partial charge is 0.412 e. The zero-order chi connectivity index (χ0) is 16.1. The van der Waals surface area contributed by atoms with Gasteiger partial charge in [0.25, 0.3) is 0 Å². The van der Waals surface area contributed by atoms with Crippen molar-refractivity contribution in [1.29, 1.82) is 0 Å². The molecule has 0 saturated carbocycles. The summed E-state index contributed by atoms with van der Waals surface area (Å²) in [6.45, 7) is 8.73.